The van der Waals surface area contributed by atoms with Gasteiger partial charge in [0.25, 0.3) is 5.69 Å². The summed E-state index contributed by atoms with van der Waals surface area (Å²) in [5.74, 6) is -0.464. The highest BCUT2D eigenvalue weighted by atomic mass is 16.6. The van der Waals surface area contributed by atoms with Gasteiger partial charge in [0.15, 0.2) is 23.0 Å². The molecule has 0 spiro atoms. The second-order valence-corrected chi connectivity index (χ2v) is 9.33. The van der Waals surface area contributed by atoms with Gasteiger partial charge in [-0.2, -0.15) is 0 Å². The Morgan fingerprint density at radius 2 is 1.46 bits per heavy atom. The summed E-state index contributed by atoms with van der Waals surface area (Å²) in [7, 11) is 5.97. The predicted octanol–water partition coefficient (Wildman–Crippen LogP) is 4.42. The number of hydrogen-bond acceptors (Lipinski definition) is 10. The molecule has 1 aliphatic heterocycles. The maximum Gasteiger partial charge on any atom is 0.310 e. The molecule has 0 radical (unpaired) electrons. The Balaban J connectivity index is 1.71. The van der Waals surface area contributed by atoms with E-state index in [1.165, 1.54) is 33.5 Å². The summed E-state index contributed by atoms with van der Waals surface area (Å²) in [5.41, 5.74) is 2.96. The van der Waals surface area contributed by atoms with Crippen molar-refractivity contribution in [3.05, 3.63) is 75.3 Å². The molecule has 3 aromatic rings. The highest BCUT2D eigenvalue weighted by Crippen LogP contribution is 2.55. The molecular weight excluding hydrogens is 508 g/mol. The fraction of sp³-hybridized carbons (Fsp3) is 0.321. The second-order valence-electron chi connectivity index (χ2n) is 9.33. The summed E-state index contributed by atoms with van der Waals surface area (Å²) in [6, 6.07) is 12.8. The average Bonchev–Trinajstić information content (AvgIpc) is 3.33. The zero-order valence-corrected chi connectivity index (χ0v) is 21.8. The molecule has 1 heterocycles. The van der Waals surface area contributed by atoms with Crippen molar-refractivity contribution in [2.75, 3.05) is 40.4 Å². The van der Waals surface area contributed by atoms with E-state index in [4.69, 9.17) is 23.7 Å². The molecule has 2 aliphatic rings. The highest BCUT2D eigenvalue weighted by molar-refractivity contribution is 5.79. The van der Waals surface area contributed by atoms with Crippen LogP contribution in [-0.4, -0.2) is 51.0 Å². The molecule has 1 unspecified atom stereocenters. The average molecular weight is 537 g/mol. The van der Waals surface area contributed by atoms with Crippen LogP contribution < -0.4 is 24.3 Å². The van der Waals surface area contributed by atoms with Gasteiger partial charge in [-0.15, -0.1) is 0 Å². The molecular formula is C28H28N2O9. The van der Waals surface area contributed by atoms with Crippen molar-refractivity contribution in [3.8, 4) is 28.7 Å². The fourth-order valence-electron chi connectivity index (χ4n) is 5.64. The summed E-state index contributed by atoms with van der Waals surface area (Å²) in [6.07, 6.45) is 0. The fourth-order valence-corrected chi connectivity index (χ4v) is 5.64. The molecule has 1 aliphatic carbocycles. The van der Waals surface area contributed by atoms with Crippen molar-refractivity contribution < 1.29 is 38.5 Å². The van der Waals surface area contributed by atoms with Gasteiger partial charge in [0.2, 0.25) is 5.75 Å². The van der Waals surface area contributed by atoms with Crippen LogP contribution in [0.15, 0.2) is 48.5 Å². The number of carbonyl (C=O) groups is 1. The zero-order valence-electron chi connectivity index (χ0n) is 21.8. The number of carbonyl (C=O) groups excluding carboxylic acids is 1. The standard InChI is InChI=1S/C28H28N2O9/c1-35-20-11-17-18(12-21(20)36-2)26(29-15-5-7-16(8-6-15)30(33)34)19-13-39-28(32)25(19)24(17)14-9-22(37-3)27(31)23(10-14)38-4/h5-12,19,24-26,29,31H,13H2,1-4H3/t19-,24+,25-,26?/m0/s1. The number of methoxy groups -OCH3 is 4. The normalized spacial score (nSPS) is 21.3. The van der Waals surface area contributed by atoms with Crippen LogP contribution in [0.25, 0.3) is 0 Å². The number of rotatable bonds is 8. The van der Waals surface area contributed by atoms with Crippen LogP contribution in [0.1, 0.15) is 28.7 Å². The molecule has 204 valence electrons. The molecule has 0 bridgehead atoms. The predicted molar refractivity (Wildman–Crippen MR) is 140 cm³/mol. The SMILES string of the molecule is COc1cc2c(cc1OC)[C@@H](c1cc(OC)c(O)c(OC)c1)[C@H]1C(=O)OC[C@@H]1C2Nc1ccc([N+](=O)[O-])cc1. The molecule has 11 nitrogen and oxygen atoms in total. The zero-order chi connectivity index (χ0) is 27.8. The van der Waals surface area contributed by atoms with Crippen LogP contribution in [0.5, 0.6) is 28.7 Å². The molecule has 39 heavy (non-hydrogen) atoms. The number of ether oxygens (including phenoxy) is 5. The number of aromatic hydroxyl groups is 1. The van der Waals surface area contributed by atoms with Gasteiger partial charge in [-0.3, -0.25) is 14.9 Å². The lowest BCUT2D eigenvalue weighted by Gasteiger charge is -2.40. The van der Waals surface area contributed by atoms with Crippen LogP contribution in [0.3, 0.4) is 0 Å². The Morgan fingerprint density at radius 3 is 2.00 bits per heavy atom. The lowest BCUT2D eigenvalue weighted by atomic mass is 9.65. The number of non-ortho nitro benzene ring substituents is 1. The second kappa shape index (κ2) is 10.2. The van der Waals surface area contributed by atoms with Gasteiger partial charge in [-0.25, -0.2) is 0 Å². The van der Waals surface area contributed by atoms with Gasteiger partial charge in [-0.1, -0.05) is 0 Å². The third-order valence-corrected chi connectivity index (χ3v) is 7.46. The van der Waals surface area contributed by atoms with Crippen LogP contribution >= 0.6 is 0 Å². The third-order valence-electron chi connectivity index (χ3n) is 7.46. The number of nitrogens with zero attached hydrogens (tertiary/aromatic N) is 1. The van der Waals surface area contributed by atoms with Crippen molar-refractivity contribution in [2.24, 2.45) is 11.8 Å². The monoisotopic (exact) mass is 536 g/mol. The summed E-state index contributed by atoms with van der Waals surface area (Å²) in [5, 5.41) is 25.1. The van der Waals surface area contributed by atoms with E-state index in [1.807, 2.05) is 12.1 Å². The van der Waals surface area contributed by atoms with E-state index in [0.29, 0.717) is 22.7 Å². The number of esters is 1. The van der Waals surface area contributed by atoms with E-state index >= 15 is 0 Å². The number of benzene rings is 3. The van der Waals surface area contributed by atoms with Gasteiger partial charge in [-0.05, 0) is 53.1 Å². The topological polar surface area (TPSA) is 139 Å². The quantitative estimate of drug-likeness (QED) is 0.242. The summed E-state index contributed by atoms with van der Waals surface area (Å²) in [4.78, 5) is 24.0. The summed E-state index contributed by atoms with van der Waals surface area (Å²) < 4.78 is 27.6. The number of hydrogen-bond donors (Lipinski definition) is 2. The van der Waals surface area contributed by atoms with Crippen LogP contribution in [0.4, 0.5) is 11.4 Å². The van der Waals surface area contributed by atoms with E-state index in [-0.39, 0.29) is 41.4 Å². The Morgan fingerprint density at radius 1 is 0.897 bits per heavy atom. The van der Waals surface area contributed by atoms with E-state index in [1.54, 1.807) is 31.4 Å². The van der Waals surface area contributed by atoms with Gasteiger partial charge in [0.1, 0.15) is 0 Å². The number of nitro benzene ring substituents is 1. The van der Waals surface area contributed by atoms with Crippen molar-refractivity contribution in [1.29, 1.82) is 0 Å². The smallest absolute Gasteiger partial charge is 0.310 e. The lowest BCUT2D eigenvalue weighted by Crippen LogP contribution is -2.37. The Kier molecular flexibility index (Phi) is 6.81. The maximum atomic E-state index is 13.3. The molecule has 4 atom stereocenters. The van der Waals surface area contributed by atoms with E-state index < -0.39 is 22.8 Å². The van der Waals surface area contributed by atoms with Crippen molar-refractivity contribution in [2.45, 2.75) is 12.0 Å². The first-order valence-electron chi connectivity index (χ1n) is 12.2. The van der Waals surface area contributed by atoms with Crippen molar-refractivity contribution in [1.82, 2.24) is 0 Å². The molecule has 0 amide bonds. The van der Waals surface area contributed by atoms with Gasteiger partial charge >= 0.3 is 5.97 Å². The highest BCUT2D eigenvalue weighted by Gasteiger charge is 2.52. The summed E-state index contributed by atoms with van der Waals surface area (Å²) in [6.45, 7) is 0.171. The lowest BCUT2D eigenvalue weighted by molar-refractivity contribution is -0.384. The Bertz CT molecular complexity index is 1400. The number of fused-ring (bicyclic) bond motifs is 2. The van der Waals surface area contributed by atoms with Gasteiger partial charge in [0, 0.05) is 29.7 Å². The van der Waals surface area contributed by atoms with E-state index in [0.717, 1.165) is 11.1 Å². The number of anilines is 1. The molecule has 5 rings (SSSR count). The minimum absolute atomic E-state index is 0.0245. The molecule has 11 heteroatoms. The van der Waals surface area contributed by atoms with Gasteiger partial charge in [0.05, 0.1) is 51.9 Å². The van der Waals surface area contributed by atoms with Gasteiger partial charge < -0.3 is 34.1 Å². The maximum absolute atomic E-state index is 13.3. The molecule has 0 aromatic heterocycles. The number of nitrogens with one attached hydrogen (secondary N) is 1. The minimum atomic E-state index is -0.592. The molecule has 0 saturated carbocycles. The first-order valence-corrected chi connectivity index (χ1v) is 12.2. The molecule has 3 aromatic carbocycles. The first-order chi connectivity index (χ1) is 18.8. The number of phenols is 1. The van der Waals surface area contributed by atoms with Crippen LogP contribution in [-0.2, 0) is 9.53 Å². The van der Waals surface area contributed by atoms with E-state index in [9.17, 15) is 20.0 Å². The van der Waals surface area contributed by atoms with Crippen molar-refractivity contribution >= 4 is 17.3 Å². The first kappa shape index (κ1) is 26.0. The third kappa shape index (κ3) is 4.39. The minimum Gasteiger partial charge on any atom is -0.502 e. The van der Waals surface area contributed by atoms with Crippen LogP contribution in [0, 0.1) is 22.0 Å². The molecule has 1 saturated heterocycles. The molecule has 1 fully saturated rings. The van der Waals surface area contributed by atoms with Crippen LogP contribution in [0.2, 0.25) is 0 Å². The number of phenolic OH excluding ortho intramolecular Hbond substituents is 1. The Hall–Kier alpha value is -4.67. The Labute approximate surface area is 224 Å². The number of cyclic esters (lactones) is 1. The van der Waals surface area contributed by atoms with Crippen molar-refractivity contribution in [3.63, 3.8) is 0 Å². The summed E-state index contributed by atoms with van der Waals surface area (Å²) >= 11 is 0. The van der Waals surface area contributed by atoms with E-state index in [2.05, 4.69) is 5.32 Å². The number of nitro groups is 1. The largest absolute Gasteiger partial charge is 0.502 e. The molecule has 2 N–H and O–H groups in total.